The molecular weight excluding hydrogens is 621 g/mol. The molecule has 1 aliphatic carbocycles. The van der Waals surface area contributed by atoms with E-state index < -0.39 is 28.5 Å². The molecule has 1 atom stereocenters. The second-order valence-electron chi connectivity index (χ2n) is 11.0. The Labute approximate surface area is 270 Å². The fourth-order valence-electron chi connectivity index (χ4n) is 5.38. The van der Waals surface area contributed by atoms with E-state index in [2.05, 4.69) is 5.32 Å². The third-order valence-electron chi connectivity index (χ3n) is 7.78. The Kier molecular flexibility index (Phi) is 11.9. The lowest BCUT2D eigenvalue weighted by atomic mass is 9.95. The summed E-state index contributed by atoms with van der Waals surface area (Å²) < 4.78 is 32.9. The zero-order valence-electron chi connectivity index (χ0n) is 25.0. The third kappa shape index (κ3) is 9.13. The van der Waals surface area contributed by atoms with E-state index >= 15 is 0 Å². The van der Waals surface area contributed by atoms with Gasteiger partial charge in [-0.1, -0.05) is 85.8 Å². The van der Waals surface area contributed by atoms with E-state index in [4.69, 9.17) is 27.9 Å². The summed E-state index contributed by atoms with van der Waals surface area (Å²) in [7, 11) is -3.89. The summed E-state index contributed by atoms with van der Waals surface area (Å²) in [6.45, 7) is 1.60. The molecule has 0 saturated heterocycles. The van der Waals surface area contributed by atoms with Crippen LogP contribution in [0.1, 0.15) is 56.6 Å². The number of anilines is 1. The quantitative estimate of drug-likeness (QED) is 0.223. The van der Waals surface area contributed by atoms with Crippen molar-refractivity contribution in [2.75, 3.05) is 17.1 Å². The molecule has 236 valence electrons. The monoisotopic (exact) mass is 659 g/mol. The van der Waals surface area contributed by atoms with Gasteiger partial charge in [-0.25, -0.2) is 8.42 Å². The van der Waals surface area contributed by atoms with Crippen molar-refractivity contribution < 1.29 is 22.7 Å². The molecule has 1 aliphatic rings. The van der Waals surface area contributed by atoms with Gasteiger partial charge in [0, 0.05) is 28.2 Å². The number of sulfonamides is 1. The smallest absolute Gasteiger partial charge is 0.244 e. The first-order chi connectivity index (χ1) is 21.1. The average Bonchev–Trinajstić information content (AvgIpc) is 3.01. The van der Waals surface area contributed by atoms with Crippen LogP contribution in [0.2, 0.25) is 10.0 Å². The highest BCUT2D eigenvalue weighted by atomic mass is 35.5. The SMILES string of the molecule is CC[C@@H](C(=O)NC1CCCCC1)N(Cc1c(Cl)cccc1Cl)C(=O)CN(c1ccc(OCc2ccccc2)cc1)S(C)(=O)=O. The molecule has 0 unspecified atom stereocenters. The molecule has 44 heavy (non-hydrogen) atoms. The molecule has 1 saturated carbocycles. The van der Waals surface area contributed by atoms with E-state index in [1.54, 1.807) is 42.5 Å². The van der Waals surface area contributed by atoms with Crippen molar-refractivity contribution in [3.63, 3.8) is 0 Å². The maximum atomic E-state index is 14.1. The maximum Gasteiger partial charge on any atom is 0.244 e. The summed E-state index contributed by atoms with van der Waals surface area (Å²) in [4.78, 5) is 29.0. The van der Waals surface area contributed by atoms with Crippen LogP contribution in [0.4, 0.5) is 5.69 Å². The number of carbonyl (C=O) groups excluding carboxylic acids is 2. The highest BCUT2D eigenvalue weighted by Gasteiger charge is 2.33. The zero-order chi connectivity index (χ0) is 31.7. The first-order valence-electron chi connectivity index (χ1n) is 14.8. The van der Waals surface area contributed by atoms with Crippen molar-refractivity contribution in [2.24, 2.45) is 0 Å². The molecule has 0 heterocycles. The summed E-state index contributed by atoms with van der Waals surface area (Å²) in [5.74, 6) is -0.277. The lowest BCUT2D eigenvalue weighted by molar-refractivity contribution is -0.140. The molecule has 0 aromatic heterocycles. The van der Waals surface area contributed by atoms with Crippen LogP contribution in [0, 0.1) is 0 Å². The van der Waals surface area contributed by atoms with Crippen LogP contribution in [0.5, 0.6) is 5.75 Å². The highest BCUT2D eigenvalue weighted by molar-refractivity contribution is 7.92. The first-order valence-corrected chi connectivity index (χ1v) is 17.4. The molecule has 0 spiro atoms. The Morgan fingerprint density at radius 3 is 2.16 bits per heavy atom. The number of rotatable bonds is 13. The molecule has 0 radical (unpaired) electrons. The number of hydrogen-bond acceptors (Lipinski definition) is 5. The van der Waals surface area contributed by atoms with Crippen molar-refractivity contribution in [2.45, 2.75) is 70.7 Å². The van der Waals surface area contributed by atoms with Gasteiger partial charge in [0.25, 0.3) is 0 Å². The molecule has 2 amide bonds. The number of nitrogens with zero attached hydrogens (tertiary/aromatic N) is 2. The predicted molar refractivity (Wildman–Crippen MR) is 176 cm³/mol. The minimum atomic E-state index is -3.89. The summed E-state index contributed by atoms with van der Waals surface area (Å²) in [5.41, 5.74) is 1.78. The minimum absolute atomic E-state index is 0.0429. The molecule has 1 fully saturated rings. The highest BCUT2D eigenvalue weighted by Crippen LogP contribution is 2.28. The van der Waals surface area contributed by atoms with Crippen molar-refractivity contribution in [1.82, 2.24) is 10.2 Å². The Morgan fingerprint density at radius 2 is 1.57 bits per heavy atom. The molecule has 8 nitrogen and oxygen atoms in total. The van der Waals surface area contributed by atoms with Crippen molar-refractivity contribution >= 4 is 50.7 Å². The molecule has 1 N–H and O–H groups in total. The van der Waals surface area contributed by atoms with Gasteiger partial charge in [0.1, 0.15) is 24.9 Å². The van der Waals surface area contributed by atoms with Gasteiger partial charge in [-0.15, -0.1) is 0 Å². The van der Waals surface area contributed by atoms with Gasteiger partial charge in [0.15, 0.2) is 0 Å². The number of hydrogen-bond donors (Lipinski definition) is 1. The first kappa shape index (κ1) is 33.6. The second-order valence-corrected chi connectivity index (χ2v) is 13.7. The van der Waals surface area contributed by atoms with E-state index in [0.29, 0.717) is 40.1 Å². The van der Waals surface area contributed by atoms with Gasteiger partial charge in [-0.2, -0.15) is 0 Å². The van der Waals surface area contributed by atoms with E-state index in [1.165, 1.54) is 4.90 Å². The van der Waals surface area contributed by atoms with Crippen molar-refractivity contribution in [1.29, 1.82) is 0 Å². The van der Waals surface area contributed by atoms with Crippen LogP contribution in [0.3, 0.4) is 0 Å². The topological polar surface area (TPSA) is 96.0 Å². The Balaban J connectivity index is 1.58. The minimum Gasteiger partial charge on any atom is -0.489 e. The second kappa shape index (κ2) is 15.6. The van der Waals surface area contributed by atoms with E-state index in [0.717, 1.165) is 48.2 Å². The summed E-state index contributed by atoms with van der Waals surface area (Å²) >= 11 is 12.9. The molecule has 3 aromatic rings. The van der Waals surface area contributed by atoms with E-state index in [1.807, 2.05) is 37.3 Å². The Hall–Kier alpha value is -3.27. The van der Waals surface area contributed by atoms with E-state index in [9.17, 15) is 18.0 Å². The van der Waals surface area contributed by atoms with Crippen LogP contribution in [-0.2, 0) is 32.8 Å². The number of benzene rings is 3. The fourth-order valence-corrected chi connectivity index (χ4v) is 6.75. The fraction of sp³-hybridized carbons (Fsp3) is 0.394. The lowest BCUT2D eigenvalue weighted by Gasteiger charge is -2.34. The molecule has 0 aliphatic heterocycles. The van der Waals surface area contributed by atoms with Gasteiger partial charge in [-0.3, -0.25) is 13.9 Å². The molecule has 0 bridgehead atoms. The van der Waals surface area contributed by atoms with Gasteiger partial charge < -0.3 is 15.0 Å². The molecule has 4 rings (SSSR count). The van der Waals surface area contributed by atoms with Crippen LogP contribution in [0.25, 0.3) is 0 Å². The summed E-state index contributed by atoms with van der Waals surface area (Å²) in [5, 5.41) is 3.82. The number of halogens is 2. The van der Waals surface area contributed by atoms with Gasteiger partial charge in [0.2, 0.25) is 21.8 Å². The normalized spacial score (nSPS) is 14.5. The van der Waals surface area contributed by atoms with Crippen molar-refractivity contribution in [3.8, 4) is 5.75 Å². The Morgan fingerprint density at radius 1 is 0.932 bits per heavy atom. The van der Waals surface area contributed by atoms with Gasteiger partial charge in [-0.05, 0) is 61.2 Å². The van der Waals surface area contributed by atoms with E-state index in [-0.39, 0.29) is 18.5 Å². The van der Waals surface area contributed by atoms with Crippen LogP contribution < -0.4 is 14.4 Å². The molecular formula is C33H39Cl2N3O5S. The van der Waals surface area contributed by atoms with Gasteiger partial charge >= 0.3 is 0 Å². The van der Waals surface area contributed by atoms with Crippen LogP contribution in [0.15, 0.2) is 72.8 Å². The number of amides is 2. The van der Waals surface area contributed by atoms with Crippen molar-refractivity contribution in [3.05, 3.63) is 94.0 Å². The largest absolute Gasteiger partial charge is 0.489 e. The maximum absolute atomic E-state index is 14.1. The standard InChI is InChI=1S/C33H39Cl2N3O5S/c1-3-31(33(40)36-25-13-8-5-9-14-25)37(21-28-29(34)15-10-16-30(28)35)32(39)22-38(44(2,41)42)26-17-19-27(20-18-26)43-23-24-11-6-4-7-12-24/h4,6-7,10-12,15-20,25,31H,3,5,8-9,13-14,21-23H2,1-2H3,(H,36,40)/t31-/m0/s1. The third-order valence-corrected chi connectivity index (χ3v) is 9.63. The molecule has 3 aromatic carbocycles. The van der Waals surface area contributed by atoms with Gasteiger partial charge in [0.05, 0.1) is 11.9 Å². The number of nitrogens with one attached hydrogen (secondary N) is 1. The summed E-state index contributed by atoms with van der Waals surface area (Å²) in [6, 6.07) is 20.4. The average molecular weight is 661 g/mol. The van der Waals surface area contributed by atoms with Crippen LogP contribution in [-0.4, -0.2) is 50.0 Å². The number of carbonyl (C=O) groups is 2. The predicted octanol–water partition coefficient (Wildman–Crippen LogP) is 6.59. The summed E-state index contributed by atoms with van der Waals surface area (Å²) in [6.07, 6.45) is 6.36. The zero-order valence-corrected chi connectivity index (χ0v) is 27.4. The lowest BCUT2D eigenvalue weighted by Crippen LogP contribution is -2.54. The van der Waals surface area contributed by atoms with Crippen LogP contribution >= 0.6 is 23.2 Å². The molecule has 11 heteroatoms. The number of ether oxygens (including phenoxy) is 1. The Bertz CT molecular complexity index is 1490.